The van der Waals surface area contributed by atoms with Crippen LogP contribution in [0.15, 0.2) is 79.3 Å². The number of aromatic hydroxyl groups is 2. The molecule has 4 aromatic rings. The first-order valence-corrected chi connectivity index (χ1v) is 10.5. The van der Waals surface area contributed by atoms with Crippen LogP contribution >= 0.6 is 31.9 Å². The highest BCUT2D eigenvalue weighted by molar-refractivity contribution is 9.10. The van der Waals surface area contributed by atoms with E-state index in [0.717, 1.165) is 0 Å². The Morgan fingerprint density at radius 2 is 1.16 bits per heavy atom. The summed E-state index contributed by atoms with van der Waals surface area (Å²) in [7, 11) is 0. The molecular weight excluding hydrogens is 554 g/mol. The van der Waals surface area contributed by atoms with Gasteiger partial charge in [-0.1, -0.05) is 12.1 Å². The average molecular weight is 568 g/mol. The predicted molar refractivity (Wildman–Crippen MR) is 124 cm³/mol. The number of hydrogen-bond donors (Lipinski definition) is 4. The third-order valence-corrected chi connectivity index (χ3v) is 5.49. The fourth-order valence-corrected chi connectivity index (χ4v) is 3.73. The lowest BCUT2D eigenvalue weighted by molar-refractivity contribution is 0.466. The van der Waals surface area contributed by atoms with E-state index >= 15 is 0 Å². The molecule has 0 aliphatic rings. The van der Waals surface area contributed by atoms with Crippen LogP contribution in [-0.4, -0.2) is 20.2 Å². The van der Waals surface area contributed by atoms with E-state index in [1.54, 1.807) is 24.3 Å². The van der Waals surface area contributed by atoms with Crippen molar-refractivity contribution >= 4 is 31.9 Å². The minimum absolute atomic E-state index is 0.339. The van der Waals surface area contributed by atoms with E-state index < -0.39 is 11.1 Å². The highest BCUT2D eigenvalue weighted by Crippen LogP contribution is 2.28. The van der Waals surface area contributed by atoms with Crippen LogP contribution in [-0.2, 0) is 0 Å². The maximum atomic E-state index is 12.7. The number of rotatable bonds is 2. The van der Waals surface area contributed by atoms with Gasteiger partial charge in [0.2, 0.25) is 0 Å². The van der Waals surface area contributed by atoms with Gasteiger partial charge in [0, 0.05) is 16.1 Å². The molecule has 0 aliphatic carbocycles. The molecule has 0 saturated heterocycles. The van der Waals surface area contributed by atoms with Crippen LogP contribution in [0.1, 0.15) is 0 Å². The van der Waals surface area contributed by atoms with E-state index in [4.69, 9.17) is 0 Å². The minimum atomic E-state index is -0.581. The molecule has 0 amide bonds. The summed E-state index contributed by atoms with van der Waals surface area (Å²) < 4.78 is 26.4. The highest BCUT2D eigenvalue weighted by atomic mass is 79.9. The van der Waals surface area contributed by atoms with Crippen LogP contribution in [0.5, 0.6) is 11.5 Å². The van der Waals surface area contributed by atoms with E-state index in [2.05, 4.69) is 41.8 Å². The predicted octanol–water partition coefficient (Wildman–Crippen LogP) is 5.30. The van der Waals surface area contributed by atoms with Gasteiger partial charge in [-0.25, -0.2) is 8.78 Å². The van der Waals surface area contributed by atoms with Gasteiger partial charge in [-0.05, 0) is 85.5 Å². The highest BCUT2D eigenvalue weighted by Gasteiger charge is 2.09. The Labute approximate surface area is 196 Å². The zero-order valence-electron chi connectivity index (χ0n) is 16.0. The number of pyridine rings is 2. The smallest absolute Gasteiger partial charge is 0.290 e. The third kappa shape index (κ3) is 5.51. The summed E-state index contributed by atoms with van der Waals surface area (Å²) in [5, 5.41) is 18.5. The van der Waals surface area contributed by atoms with Crippen LogP contribution in [0.2, 0.25) is 0 Å². The van der Waals surface area contributed by atoms with Crippen LogP contribution in [0.25, 0.3) is 22.4 Å². The number of halogens is 4. The largest absolute Gasteiger partial charge is 0.503 e. The summed E-state index contributed by atoms with van der Waals surface area (Å²) in [5.74, 6) is -1.42. The van der Waals surface area contributed by atoms with Crippen molar-refractivity contribution in [3.05, 3.63) is 102 Å². The molecule has 0 atom stereocenters. The molecule has 4 rings (SSSR count). The zero-order valence-corrected chi connectivity index (χ0v) is 19.2. The van der Waals surface area contributed by atoms with Crippen molar-refractivity contribution in [2.24, 2.45) is 0 Å². The van der Waals surface area contributed by atoms with Crippen LogP contribution in [0, 0.1) is 11.6 Å². The van der Waals surface area contributed by atoms with E-state index in [1.807, 2.05) is 0 Å². The van der Waals surface area contributed by atoms with Gasteiger partial charge in [0.1, 0.15) is 11.6 Å². The van der Waals surface area contributed by atoms with Gasteiger partial charge >= 0.3 is 0 Å². The van der Waals surface area contributed by atoms with Gasteiger partial charge in [-0.3, -0.25) is 9.59 Å². The van der Waals surface area contributed by atoms with Crippen molar-refractivity contribution in [3.63, 3.8) is 0 Å². The lowest BCUT2D eigenvalue weighted by Crippen LogP contribution is -2.06. The number of hydrogen-bond acceptors (Lipinski definition) is 4. The first-order valence-electron chi connectivity index (χ1n) is 8.91. The van der Waals surface area contributed by atoms with Crippen molar-refractivity contribution < 1.29 is 19.0 Å². The Balaban J connectivity index is 0.000000181. The summed E-state index contributed by atoms with van der Waals surface area (Å²) >= 11 is 6.39. The number of H-pyrrole nitrogens is 2. The number of aromatic nitrogens is 2. The van der Waals surface area contributed by atoms with Crippen molar-refractivity contribution in [2.45, 2.75) is 0 Å². The molecule has 4 N–H and O–H groups in total. The molecule has 2 heterocycles. The molecule has 10 heteroatoms. The summed E-state index contributed by atoms with van der Waals surface area (Å²) in [6.07, 6.45) is 0. The molecule has 0 fully saturated rings. The molecule has 0 bridgehead atoms. The fourth-order valence-electron chi connectivity index (χ4n) is 2.66. The Kier molecular flexibility index (Phi) is 7.26. The molecule has 0 saturated carbocycles. The standard InChI is InChI=1S/2C11H7BrFNO2/c12-8-5-9(15)11(16)14-10(8)6-1-3-7(13)4-2-6;12-10-8(5-9(15)11(16)14-10)6-1-3-7(13)4-2-6/h2*1-5,15H,(H,14,16). The Morgan fingerprint density at radius 1 is 0.688 bits per heavy atom. The van der Waals surface area contributed by atoms with E-state index in [9.17, 15) is 28.6 Å². The quantitative estimate of drug-likeness (QED) is 0.247. The number of nitrogens with one attached hydrogen (secondary N) is 2. The zero-order chi connectivity index (χ0) is 23.4. The summed E-state index contributed by atoms with van der Waals surface area (Å²) in [6.45, 7) is 0. The Morgan fingerprint density at radius 3 is 1.72 bits per heavy atom. The number of aromatic amines is 2. The van der Waals surface area contributed by atoms with E-state index in [0.29, 0.717) is 31.5 Å². The van der Waals surface area contributed by atoms with Gasteiger partial charge in [-0.2, -0.15) is 0 Å². The van der Waals surface area contributed by atoms with Gasteiger partial charge in [0.15, 0.2) is 11.5 Å². The van der Waals surface area contributed by atoms with Gasteiger partial charge in [-0.15, -0.1) is 0 Å². The van der Waals surface area contributed by atoms with Gasteiger partial charge in [0.25, 0.3) is 11.1 Å². The summed E-state index contributed by atoms with van der Waals surface area (Å²) in [5.41, 5.74) is 1.30. The molecule has 32 heavy (non-hydrogen) atoms. The van der Waals surface area contributed by atoms with Crippen LogP contribution in [0.3, 0.4) is 0 Å². The Bertz CT molecular complexity index is 1370. The van der Waals surface area contributed by atoms with Crippen molar-refractivity contribution in [1.82, 2.24) is 9.97 Å². The molecule has 0 radical (unpaired) electrons. The van der Waals surface area contributed by atoms with E-state index in [-0.39, 0.29) is 23.1 Å². The topological polar surface area (TPSA) is 106 Å². The maximum Gasteiger partial charge on any atom is 0.290 e. The second kappa shape index (κ2) is 9.92. The summed E-state index contributed by atoms with van der Waals surface area (Å²) in [4.78, 5) is 27.3. The first-order chi connectivity index (χ1) is 15.2. The molecule has 0 aliphatic heterocycles. The molecule has 164 valence electrons. The van der Waals surface area contributed by atoms with Crippen molar-refractivity contribution in [2.75, 3.05) is 0 Å². The lowest BCUT2D eigenvalue weighted by Gasteiger charge is -2.04. The fraction of sp³-hybridized carbons (Fsp3) is 0. The second-order valence-corrected chi connectivity index (χ2v) is 8.08. The molecule has 0 unspecified atom stereocenters. The maximum absolute atomic E-state index is 12.7. The van der Waals surface area contributed by atoms with Crippen LogP contribution in [0.4, 0.5) is 8.78 Å². The van der Waals surface area contributed by atoms with Crippen LogP contribution < -0.4 is 11.1 Å². The van der Waals surface area contributed by atoms with E-state index in [1.165, 1.54) is 36.4 Å². The SMILES string of the molecule is O=c1[nH]c(-c2ccc(F)cc2)c(Br)cc1O.O=c1[nH]c(Br)c(-c2ccc(F)cc2)cc1O. The second-order valence-electron chi connectivity index (χ2n) is 6.43. The molecule has 2 aromatic carbocycles. The Hall–Kier alpha value is -3.24. The molecule has 2 aromatic heterocycles. The molecule has 6 nitrogen and oxygen atoms in total. The van der Waals surface area contributed by atoms with Gasteiger partial charge in [0.05, 0.1) is 10.3 Å². The average Bonchev–Trinajstić information content (AvgIpc) is 2.75. The van der Waals surface area contributed by atoms with Crippen molar-refractivity contribution in [1.29, 1.82) is 0 Å². The molecule has 0 spiro atoms. The lowest BCUT2D eigenvalue weighted by atomic mass is 10.1. The summed E-state index contributed by atoms with van der Waals surface area (Å²) in [6, 6.07) is 14.1. The number of benzene rings is 2. The van der Waals surface area contributed by atoms with Crippen molar-refractivity contribution in [3.8, 4) is 33.9 Å². The third-order valence-electron chi connectivity index (χ3n) is 4.24. The monoisotopic (exact) mass is 566 g/mol. The first kappa shape index (κ1) is 23.4. The molecular formula is C22H14Br2F2N2O4. The minimum Gasteiger partial charge on any atom is -0.503 e. The normalized spacial score (nSPS) is 10.4. The van der Waals surface area contributed by atoms with Gasteiger partial charge < -0.3 is 20.2 Å².